The van der Waals surface area contributed by atoms with Crippen molar-refractivity contribution < 1.29 is 0 Å². The molecular weight excluding hydrogens is 267 g/mol. The van der Waals surface area contributed by atoms with E-state index in [4.69, 9.17) is 17.3 Å². The molecule has 6 heteroatoms. The van der Waals surface area contributed by atoms with Gasteiger partial charge >= 0.3 is 0 Å². The minimum Gasteiger partial charge on any atom is -0.381 e. The summed E-state index contributed by atoms with van der Waals surface area (Å²) in [4.78, 5) is 3.95. The van der Waals surface area contributed by atoms with Gasteiger partial charge in [0.2, 0.25) is 0 Å². The van der Waals surface area contributed by atoms with E-state index < -0.39 is 0 Å². The quantitative estimate of drug-likeness (QED) is 0.867. The molecule has 2 rings (SSSR count). The Morgan fingerprint density at radius 2 is 2.29 bits per heavy atom. The Kier molecular flexibility index (Phi) is 2.43. The summed E-state index contributed by atoms with van der Waals surface area (Å²) in [6.45, 7) is 0. The largest absolute Gasteiger partial charge is 0.381 e. The summed E-state index contributed by atoms with van der Waals surface area (Å²) in [7, 11) is 0. The Morgan fingerprint density at radius 1 is 1.50 bits per heavy atom. The molecule has 0 amide bonds. The van der Waals surface area contributed by atoms with E-state index in [1.54, 1.807) is 23.3 Å². The molecule has 0 spiro atoms. The molecule has 0 aliphatic heterocycles. The minimum atomic E-state index is 0.315. The fraction of sp³-hybridized carbons (Fsp3) is 0. The van der Waals surface area contributed by atoms with Crippen LogP contribution in [0, 0.1) is 0 Å². The summed E-state index contributed by atoms with van der Waals surface area (Å²) < 4.78 is 2.43. The smallest absolute Gasteiger partial charge is 0.164 e. The lowest BCUT2D eigenvalue weighted by Crippen LogP contribution is -1.97. The van der Waals surface area contributed by atoms with Crippen molar-refractivity contribution in [2.75, 3.05) is 5.73 Å². The van der Waals surface area contributed by atoms with E-state index in [-0.39, 0.29) is 0 Å². The van der Waals surface area contributed by atoms with E-state index >= 15 is 0 Å². The van der Waals surface area contributed by atoms with Gasteiger partial charge in [0, 0.05) is 12.4 Å². The molecule has 0 aliphatic carbocycles. The first-order chi connectivity index (χ1) is 6.68. The Hall–Kier alpha value is -1.07. The number of aromatic nitrogens is 3. The molecule has 2 heterocycles. The summed E-state index contributed by atoms with van der Waals surface area (Å²) in [6, 6.07) is 1.81. The van der Waals surface area contributed by atoms with Gasteiger partial charge in [0.15, 0.2) is 5.82 Å². The standard InChI is InChI=1S/C8H6BrClN4/c9-5-3-12-2-1-7(5)14-4-6(10)8(11)13-14/h1-4H,(H2,11,13). The summed E-state index contributed by atoms with van der Waals surface area (Å²) >= 11 is 9.15. The van der Waals surface area contributed by atoms with Crippen molar-refractivity contribution in [3.05, 3.63) is 34.2 Å². The molecule has 14 heavy (non-hydrogen) atoms. The molecule has 2 aromatic heterocycles. The van der Waals surface area contributed by atoms with Gasteiger partial charge in [0.05, 0.1) is 16.4 Å². The van der Waals surface area contributed by atoms with Crippen LogP contribution in [0.4, 0.5) is 5.82 Å². The normalized spacial score (nSPS) is 10.4. The van der Waals surface area contributed by atoms with Gasteiger partial charge in [-0.3, -0.25) is 4.98 Å². The maximum atomic E-state index is 5.79. The molecule has 0 saturated heterocycles. The first-order valence-electron chi connectivity index (χ1n) is 3.79. The van der Waals surface area contributed by atoms with E-state index in [1.807, 2.05) is 6.07 Å². The Labute approximate surface area is 93.8 Å². The summed E-state index contributed by atoms with van der Waals surface area (Å²) in [5.41, 5.74) is 6.38. The van der Waals surface area contributed by atoms with Gasteiger partial charge in [-0.15, -0.1) is 5.10 Å². The Bertz CT molecular complexity index is 449. The zero-order valence-corrected chi connectivity index (χ0v) is 9.33. The van der Waals surface area contributed by atoms with Gasteiger partial charge < -0.3 is 5.73 Å². The van der Waals surface area contributed by atoms with Crippen LogP contribution in [0.2, 0.25) is 5.02 Å². The minimum absolute atomic E-state index is 0.315. The number of nitrogens with two attached hydrogens (primary N) is 1. The number of hydrogen-bond acceptors (Lipinski definition) is 3. The second kappa shape index (κ2) is 3.59. The number of nitrogens with zero attached hydrogens (tertiary/aromatic N) is 3. The Morgan fingerprint density at radius 3 is 2.86 bits per heavy atom. The van der Waals surface area contributed by atoms with Crippen molar-refractivity contribution in [1.29, 1.82) is 0 Å². The lowest BCUT2D eigenvalue weighted by atomic mass is 10.4. The van der Waals surface area contributed by atoms with Gasteiger partial charge in [0.25, 0.3) is 0 Å². The third kappa shape index (κ3) is 1.60. The SMILES string of the molecule is Nc1nn(-c2ccncc2Br)cc1Cl. The van der Waals surface area contributed by atoms with Crippen LogP contribution in [0.3, 0.4) is 0 Å². The zero-order valence-electron chi connectivity index (χ0n) is 6.98. The highest BCUT2D eigenvalue weighted by molar-refractivity contribution is 9.10. The predicted octanol–water partition coefficient (Wildman–Crippen LogP) is 2.27. The second-order valence-electron chi connectivity index (χ2n) is 2.63. The summed E-state index contributed by atoms with van der Waals surface area (Å²) in [5, 5.41) is 4.48. The third-order valence-corrected chi connectivity index (χ3v) is 2.60. The highest BCUT2D eigenvalue weighted by Crippen LogP contribution is 2.23. The third-order valence-electron chi connectivity index (χ3n) is 1.69. The molecule has 2 aromatic rings. The zero-order chi connectivity index (χ0) is 10.1. The molecule has 0 aliphatic rings. The molecule has 0 atom stereocenters. The van der Waals surface area contributed by atoms with Crippen LogP contribution in [0.15, 0.2) is 29.1 Å². The first-order valence-corrected chi connectivity index (χ1v) is 4.96. The molecule has 0 bridgehead atoms. The molecule has 0 saturated carbocycles. The van der Waals surface area contributed by atoms with Crippen LogP contribution in [0.25, 0.3) is 5.69 Å². The van der Waals surface area contributed by atoms with Gasteiger partial charge in [-0.1, -0.05) is 11.6 Å². The molecule has 4 nitrogen and oxygen atoms in total. The van der Waals surface area contributed by atoms with E-state index in [2.05, 4.69) is 26.0 Å². The van der Waals surface area contributed by atoms with Crippen LogP contribution in [-0.4, -0.2) is 14.8 Å². The fourth-order valence-electron chi connectivity index (χ4n) is 1.04. The van der Waals surface area contributed by atoms with E-state index in [0.29, 0.717) is 10.8 Å². The van der Waals surface area contributed by atoms with Crippen molar-refractivity contribution in [1.82, 2.24) is 14.8 Å². The van der Waals surface area contributed by atoms with Crippen LogP contribution in [-0.2, 0) is 0 Å². The predicted molar refractivity (Wildman–Crippen MR) is 58.5 cm³/mol. The van der Waals surface area contributed by atoms with Gasteiger partial charge in [-0.25, -0.2) is 4.68 Å². The molecular formula is C8H6BrClN4. The Balaban J connectivity index is 2.55. The van der Waals surface area contributed by atoms with Gasteiger partial charge in [-0.2, -0.15) is 0 Å². The maximum Gasteiger partial charge on any atom is 0.164 e. The second-order valence-corrected chi connectivity index (χ2v) is 3.90. The molecule has 0 unspecified atom stereocenters. The first kappa shape index (κ1) is 9.48. The molecule has 0 aromatic carbocycles. The molecule has 0 radical (unpaired) electrons. The number of rotatable bonds is 1. The van der Waals surface area contributed by atoms with Crippen LogP contribution in [0.5, 0.6) is 0 Å². The number of nitrogen functional groups attached to an aromatic ring is 1. The number of hydrogen-bond donors (Lipinski definition) is 1. The van der Waals surface area contributed by atoms with Gasteiger partial charge in [0.1, 0.15) is 5.02 Å². The van der Waals surface area contributed by atoms with Crippen molar-refractivity contribution in [2.45, 2.75) is 0 Å². The summed E-state index contributed by atoms with van der Waals surface area (Å²) in [6.07, 6.45) is 5.00. The van der Waals surface area contributed by atoms with Crippen molar-refractivity contribution >= 4 is 33.3 Å². The molecule has 0 fully saturated rings. The van der Waals surface area contributed by atoms with Crippen molar-refractivity contribution in [3.63, 3.8) is 0 Å². The highest BCUT2D eigenvalue weighted by Gasteiger charge is 2.06. The number of anilines is 1. The van der Waals surface area contributed by atoms with Crippen LogP contribution >= 0.6 is 27.5 Å². The number of halogens is 2. The van der Waals surface area contributed by atoms with E-state index in [1.165, 1.54) is 0 Å². The maximum absolute atomic E-state index is 5.79. The summed E-state index contributed by atoms with van der Waals surface area (Å²) in [5.74, 6) is 0.315. The van der Waals surface area contributed by atoms with Gasteiger partial charge in [-0.05, 0) is 22.0 Å². The topological polar surface area (TPSA) is 56.7 Å². The monoisotopic (exact) mass is 272 g/mol. The van der Waals surface area contributed by atoms with Crippen molar-refractivity contribution in [2.24, 2.45) is 0 Å². The average molecular weight is 274 g/mol. The average Bonchev–Trinajstić information content (AvgIpc) is 2.48. The molecule has 72 valence electrons. The fourth-order valence-corrected chi connectivity index (χ4v) is 1.61. The van der Waals surface area contributed by atoms with E-state index in [0.717, 1.165) is 10.2 Å². The van der Waals surface area contributed by atoms with Crippen LogP contribution in [0.1, 0.15) is 0 Å². The lowest BCUT2D eigenvalue weighted by molar-refractivity contribution is 0.878. The number of pyridine rings is 1. The molecule has 2 N–H and O–H groups in total. The van der Waals surface area contributed by atoms with Crippen LogP contribution < -0.4 is 5.73 Å². The van der Waals surface area contributed by atoms with E-state index in [9.17, 15) is 0 Å². The van der Waals surface area contributed by atoms with Crippen molar-refractivity contribution in [3.8, 4) is 5.69 Å². The highest BCUT2D eigenvalue weighted by atomic mass is 79.9. The lowest BCUT2D eigenvalue weighted by Gasteiger charge is -2.01.